The van der Waals surface area contributed by atoms with Crippen molar-refractivity contribution in [1.29, 1.82) is 0 Å². The zero-order valence-electron chi connectivity index (χ0n) is 20.5. The van der Waals surface area contributed by atoms with E-state index < -0.39 is 0 Å². The minimum Gasteiger partial charge on any atom is -0.497 e. The number of benzene rings is 2. The van der Waals surface area contributed by atoms with E-state index in [1.165, 1.54) is 49.8 Å². The van der Waals surface area contributed by atoms with Crippen molar-refractivity contribution in [2.24, 2.45) is 5.92 Å². The summed E-state index contributed by atoms with van der Waals surface area (Å²) < 4.78 is 5.27. The molecule has 2 aromatic rings. The standard InChI is InChI=1S/C29H40N2O2/c1-23-8-10-26(11-9-23)22-31(29(32)20-24-12-14-28(33-2)15-13-24)27-16-18-30(19-17-27)21-25-6-4-3-5-7-25/h8-15,25,27H,3-7,16-22H2,1-2H3. The SMILES string of the molecule is COc1ccc(CC(=O)N(Cc2ccc(C)cc2)C2CCN(CC3CCCCC3)CC2)cc1. The Labute approximate surface area is 199 Å². The second-order valence-electron chi connectivity index (χ2n) is 10.1. The van der Waals surface area contributed by atoms with Crippen molar-refractivity contribution in [3.8, 4) is 5.75 Å². The molecule has 1 aliphatic heterocycles. The highest BCUT2D eigenvalue weighted by Gasteiger charge is 2.29. The van der Waals surface area contributed by atoms with Crippen LogP contribution in [0.2, 0.25) is 0 Å². The zero-order valence-corrected chi connectivity index (χ0v) is 20.5. The van der Waals surface area contributed by atoms with Crippen LogP contribution >= 0.6 is 0 Å². The van der Waals surface area contributed by atoms with Crippen LogP contribution < -0.4 is 4.74 Å². The first-order chi connectivity index (χ1) is 16.1. The minimum atomic E-state index is 0.228. The molecule has 0 spiro atoms. The van der Waals surface area contributed by atoms with Crippen molar-refractivity contribution < 1.29 is 9.53 Å². The van der Waals surface area contributed by atoms with Crippen LogP contribution in [0.1, 0.15) is 61.6 Å². The van der Waals surface area contributed by atoms with Crippen molar-refractivity contribution in [3.05, 3.63) is 65.2 Å². The molecule has 1 aliphatic carbocycles. The fraction of sp³-hybridized carbons (Fsp3) is 0.552. The van der Waals surface area contributed by atoms with Crippen molar-refractivity contribution >= 4 is 5.91 Å². The van der Waals surface area contributed by atoms with Gasteiger partial charge in [-0.05, 0) is 61.8 Å². The molecule has 0 bridgehead atoms. The summed E-state index contributed by atoms with van der Waals surface area (Å²) in [6.45, 7) is 6.29. The molecule has 4 heteroatoms. The molecule has 4 rings (SSSR count). The number of carbonyl (C=O) groups is 1. The Morgan fingerprint density at radius 3 is 2.18 bits per heavy atom. The van der Waals surface area contributed by atoms with E-state index >= 15 is 0 Å². The Hall–Kier alpha value is -2.33. The van der Waals surface area contributed by atoms with Gasteiger partial charge in [0, 0.05) is 32.2 Å². The number of methoxy groups -OCH3 is 1. The summed E-state index contributed by atoms with van der Waals surface area (Å²) in [7, 11) is 1.67. The number of likely N-dealkylation sites (tertiary alicyclic amines) is 1. The summed E-state index contributed by atoms with van der Waals surface area (Å²) in [4.78, 5) is 18.3. The van der Waals surface area contributed by atoms with Crippen molar-refractivity contribution in [3.63, 3.8) is 0 Å². The normalized spacial score (nSPS) is 18.2. The number of nitrogens with zero attached hydrogens (tertiary/aromatic N) is 2. The summed E-state index contributed by atoms with van der Waals surface area (Å²) >= 11 is 0. The largest absolute Gasteiger partial charge is 0.497 e. The molecule has 0 unspecified atom stereocenters. The number of carbonyl (C=O) groups excluding carboxylic acids is 1. The quantitative estimate of drug-likeness (QED) is 0.525. The third-order valence-electron chi connectivity index (χ3n) is 7.55. The van der Waals surface area contributed by atoms with E-state index in [4.69, 9.17) is 4.74 Å². The average molecular weight is 449 g/mol. The Morgan fingerprint density at radius 1 is 0.909 bits per heavy atom. The van der Waals surface area contributed by atoms with Crippen LogP contribution in [0.15, 0.2) is 48.5 Å². The molecule has 1 amide bonds. The molecule has 178 valence electrons. The minimum absolute atomic E-state index is 0.228. The highest BCUT2D eigenvalue weighted by molar-refractivity contribution is 5.79. The van der Waals surface area contributed by atoms with Crippen LogP contribution in [-0.4, -0.2) is 48.5 Å². The van der Waals surface area contributed by atoms with E-state index in [1.54, 1.807) is 7.11 Å². The van der Waals surface area contributed by atoms with Crippen LogP contribution in [0.5, 0.6) is 5.75 Å². The van der Waals surface area contributed by atoms with Gasteiger partial charge in [-0.15, -0.1) is 0 Å². The van der Waals surface area contributed by atoms with Gasteiger partial charge in [0.2, 0.25) is 5.91 Å². The fourth-order valence-electron chi connectivity index (χ4n) is 5.48. The monoisotopic (exact) mass is 448 g/mol. The van der Waals surface area contributed by atoms with E-state index in [9.17, 15) is 4.79 Å². The lowest BCUT2D eigenvalue weighted by atomic mass is 9.88. The van der Waals surface area contributed by atoms with Gasteiger partial charge in [-0.1, -0.05) is 61.2 Å². The van der Waals surface area contributed by atoms with Gasteiger partial charge in [-0.25, -0.2) is 0 Å². The van der Waals surface area contributed by atoms with Crippen LogP contribution in [0.4, 0.5) is 0 Å². The van der Waals surface area contributed by atoms with E-state index in [-0.39, 0.29) is 5.91 Å². The van der Waals surface area contributed by atoms with Crippen molar-refractivity contribution in [2.45, 2.75) is 70.9 Å². The number of hydrogen-bond acceptors (Lipinski definition) is 3. The number of ether oxygens (including phenoxy) is 1. The summed E-state index contributed by atoms with van der Waals surface area (Å²) in [5.41, 5.74) is 3.52. The predicted molar refractivity (Wildman–Crippen MR) is 134 cm³/mol. The fourth-order valence-corrected chi connectivity index (χ4v) is 5.48. The van der Waals surface area contributed by atoms with Crippen molar-refractivity contribution in [1.82, 2.24) is 9.80 Å². The zero-order chi connectivity index (χ0) is 23.0. The van der Waals surface area contributed by atoms with Crippen LogP contribution in [0, 0.1) is 12.8 Å². The average Bonchev–Trinajstić information content (AvgIpc) is 2.85. The summed E-state index contributed by atoms with van der Waals surface area (Å²) in [6, 6.07) is 16.8. The molecule has 1 saturated carbocycles. The molecule has 2 fully saturated rings. The van der Waals surface area contributed by atoms with Crippen LogP contribution in [0.3, 0.4) is 0 Å². The highest BCUT2D eigenvalue weighted by Crippen LogP contribution is 2.27. The number of hydrogen-bond donors (Lipinski definition) is 0. The Balaban J connectivity index is 1.40. The van der Waals surface area contributed by atoms with Gasteiger partial charge >= 0.3 is 0 Å². The third kappa shape index (κ3) is 6.83. The molecule has 0 N–H and O–H groups in total. The number of amides is 1. The Bertz CT molecular complexity index is 863. The first kappa shape index (κ1) is 23.8. The lowest BCUT2D eigenvalue weighted by molar-refractivity contribution is -0.134. The number of piperidine rings is 1. The second-order valence-corrected chi connectivity index (χ2v) is 10.1. The molecule has 1 saturated heterocycles. The summed E-state index contributed by atoms with van der Waals surface area (Å²) in [5, 5.41) is 0. The maximum atomic E-state index is 13.5. The van der Waals surface area contributed by atoms with E-state index in [0.717, 1.165) is 43.2 Å². The van der Waals surface area contributed by atoms with Gasteiger partial charge in [-0.2, -0.15) is 0 Å². The lowest BCUT2D eigenvalue weighted by Gasteiger charge is -2.40. The maximum absolute atomic E-state index is 13.5. The van der Waals surface area contributed by atoms with E-state index in [2.05, 4.69) is 41.0 Å². The molecule has 4 nitrogen and oxygen atoms in total. The van der Waals surface area contributed by atoms with Gasteiger partial charge in [-0.3, -0.25) is 4.79 Å². The number of rotatable bonds is 8. The molecule has 33 heavy (non-hydrogen) atoms. The van der Waals surface area contributed by atoms with Gasteiger partial charge in [0.25, 0.3) is 0 Å². The molecule has 0 atom stereocenters. The van der Waals surface area contributed by atoms with Gasteiger partial charge < -0.3 is 14.5 Å². The first-order valence-electron chi connectivity index (χ1n) is 12.8. The molecular formula is C29H40N2O2. The summed E-state index contributed by atoms with van der Waals surface area (Å²) in [5.74, 6) is 1.94. The van der Waals surface area contributed by atoms with Crippen molar-refractivity contribution in [2.75, 3.05) is 26.7 Å². The van der Waals surface area contributed by atoms with E-state index in [0.29, 0.717) is 19.0 Å². The highest BCUT2D eigenvalue weighted by atomic mass is 16.5. The third-order valence-corrected chi connectivity index (χ3v) is 7.55. The molecule has 2 aromatic carbocycles. The van der Waals surface area contributed by atoms with Gasteiger partial charge in [0.05, 0.1) is 13.5 Å². The van der Waals surface area contributed by atoms with Crippen LogP contribution in [-0.2, 0) is 17.8 Å². The molecular weight excluding hydrogens is 408 g/mol. The molecule has 2 aliphatic rings. The Kier molecular flexibility index (Phi) is 8.44. The van der Waals surface area contributed by atoms with Gasteiger partial charge in [0.1, 0.15) is 5.75 Å². The number of aryl methyl sites for hydroxylation is 1. The van der Waals surface area contributed by atoms with Crippen LogP contribution in [0.25, 0.3) is 0 Å². The smallest absolute Gasteiger partial charge is 0.227 e. The first-order valence-corrected chi connectivity index (χ1v) is 12.8. The second kappa shape index (κ2) is 11.7. The maximum Gasteiger partial charge on any atom is 0.227 e. The molecule has 0 aromatic heterocycles. The molecule has 0 radical (unpaired) electrons. The summed E-state index contributed by atoms with van der Waals surface area (Å²) in [6.07, 6.45) is 9.64. The molecule has 1 heterocycles. The topological polar surface area (TPSA) is 32.8 Å². The van der Waals surface area contributed by atoms with Gasteiger partial charge in [0.15, 0.2) is 0 Å². The predicted octanol–water partition coefficient (Wildman–Crippen LogP) is 5.62. The van der Waals surface area contributed by atoms with E-state index in [1.807, 2.05) is 24.3 Å². The Morgan fingerprint density at radius 2 is 1.55 bits per heavy atom. The lowest BCUT2D eigenvalue weighted by Crippen LogP contribution is -2.48.